The van der Waals surface area contributed by atoms with Gasteiger partial charge in [0.15, 0.2) is 6.10 Å². The summed E-state index contributed by atoms with van der Waals surface area (Å²) in [7, 11) is 0. The lowest BCUT2D eigenvalue weighted by Gasteiger charge is -2.16. The highest BCUT2D eigenvalue weighted by Crippen LogP contribution is 2.19. The van der Waals surface area contributed by atoms with E-state index in [0.29, 0.717) is 22.0 Å². The molecule has 1 unspecified atom stereocenters. The number of likely N-dealkylation sites (tertiary alicyclic amines) is 1. The maximum absolute atomic E-state index is 12.3. The summed E-state index contributed by atoms with van der Waals surface area (Å²) in [5, 5.41) is 3.34. The van der Waals surface area contributed by atoms with Gasteiger partial charge >= 0.3 is 0 Å². The molecule has 2 amide bonds. The van der Waals surface area contributed by atoms with Crippen molar-refractivity contribution in [3.63, 3.8) is 0 Å². The number of benzene rings is 2. The fourth-order valence-electron chi connectivity index (χ4n) is 2.84. The largest absolute Gasteiger partial charge is 0.481 e. The van der Waals surface area contributed by atoms with E-state index in [0.717, 1.165) is 25.9 Å². The van der Waals surface area contributed by atoms with Gasteiger partial charge in [0, 0.05) is 29.4 Å². The second-order valence-corrected chi connectivity index (χ2v) is 6.72. The van der Waals surface area contributed by atoms with Crippen LogP contribution in [0.3, 0.4) is 0 Å². The van der Waals surface area contributed by atoms with Gasteiger partial charge in [0.2, 0.25) is 0 Å². The van der Waals surface area contributed by atoms with Crippen LogP contribution in [0.15, 0.2) is 48.5 Å². The molecule has 1 fully saturated rings. The number of halogens is 1. The molecule has 1 saturated heterocycles. The van der Waals surface area contributed by atoms with E-state index in [2.05, 4.69) is 5.32 Å². The molecule has 1 atom stereocenters. The summed E-state index contributed by atoms with van der Waals surface area (Å²) >= 11 is 5.91. The van der Waals surface area contributed by atoms with Crippen molar-refractivity contribution in [3.8, 4) is 5.75 Å². The quantitative estimate of drug-likeness (QED) is 0.863. The molecule has 2 aromatic carbocycles. The van der Waals surface area contributed by atoms with E-state index in [4.69, 9.17) is 16.3 Å². The number of anilines is 1. The Hall–Kier alpha value is -2.53. The molecule has 5 nitrogen and oxygen atoms in total. The Morgan fingerprint density at radius 3 is 2.46 bits per heavy atom. The summed E-state index contributed by atoms with van der Waals surface area (Å²) in [5.41, 5.74) is 1.25. The van der Waals surface area contributed by atoms with Crippen LogP contribution in [0.5, 0.6) is 5.75 Å². The number of hydrogen-bond acceptors (Lipinski definition) is 3. The molecule has 26 heavy (non-hydrogen) atoms. The zero-order valence-corrected chi connectivity index (χ0v) is 15.3. The second-order valence-electron chi connectivity index (χ2n) is 6.28. The van der Waals surface area contributed by atoms with Gasteiger partial charge in [-0.2, -0.15) is 0 Å². The first-order chi connectivity index (χ1) is 12.5. The van der Waals surface area contributed by atoms with Crippen molar-refractivity contribution in [2.24, 2.45) is 0 Å². The first-order valence-electron chi connectivity index (χ1n) is 8.65. The zero-order chi connectivity index (χ0) is 18.5. The third kappa shape index (κ3) is 4.55. The number of rotatable bonds is 5. The number of carbonyl (C=O) groups excluding carboxylic acids is 2. The molecule has 0 bridgehead atoms. The maximum Gasteiger partial charge on any atom is 0.265 e. The minimum atomic E-state index is -0.681. The second kappa shape index (κ2) is 8.23. The SMILES string of the molecule is CC(Oc1cccc(Cl)c1)C(=O)Nc1ccc(C(=O)N2CCCC2)cc1. The Balaban J connectivity index is 1.57. The van der Waals surface area contributed by atoms with Crippen LogP contribution in [0, 0.1) is 0 Å². The van der Waals surface area contributed by atoms with E-state index in [1.165, 1.54) is 0 Å². The molecule has 136 valence electrons. The van der Waals surface area contributed by atoms with Crippen molar-refractivity contribution in [3.05, 3.63) is 59.1 Å². The van der Waals surface area contributed by atoms with Gasteiger partial charge in [-0.15, -0.1) is 0 Å². The fourth-order valence-corrected chi connectivity index (χ4v) is 3.02. The van der Waals surface area contributed by atoms with Gasteiger partial charge in [0.1, 0.15) is 5.75 Å². The van der Waals surface area contributed by atoms with Crippen molar-refractivity contribution >= 4 is 29.1 Å². The van der Waals surface area contributed by atoms with Crippen LogP contribution in [0.4, 0.5) is 5.69 Å². The van der Waals surface area contributed by atoms with E-state index in [1.54, 1.807) is 55.5 Å². The molecule has 0 spiro atoms. The van der Waals surface area contributed by atoms with Gasteiger partial charge in [-0.3, -0.25) is 9.59 Å². The van der Waals surface area contributed by atoms with E-state index in [1.807, 2.05) is 4.90 Å². The van der Waals surface area contributed by atoms with Crippen LogP contribution in [0.25, 0.3) is 0 Å². The Bertz CT molecular complexity index is 786. The molecule has 1 N–H and O–H groups in total. The monoisotopic (exact) mass is 372 g/mol. The number of nitrogens with zero attached hydrogens (tertiary/aromatic N) is 1. The average Bonchev–Trinajstić information content (AvgIpc) is 3.16. The molecule has 1 aliphatic heterocycles. The van der Waals surface area contributed by atoms with Gasteiger partial charge in [0.25, 0.3) is 11.8 Å². The van der Waals surface area contributed by atoms with Crippen LogP contribution < -0.4 is 10.1 Å². The fraction of sp³-hybridized carbons (Fsp3) is 0.300. The van der Waals surface area contributed by atoms with Crippen molar-refractivity contribution in [2.75, 3.05) is 18.4 Å². The Morgan fingerprint density at radius 2 is 1.81 bits per heavy atom. The van der Waals surface area contributed by atoms with Crippen molar-refractivity contribution in [1.82, 2.24) is 4.90 Å². The van der Waals surface area contributed by atoms with Crippen LogP contribution >= 0.6 is 11.6 Å². The molecule has 0 saturated carbocycles. The van der Waals surface area contributed by atoms with Crippen molar-refractivity contribution < 1.29 is 14.3 Å². The number of nitrogens with one attached hydrogen (secondary N) is 1. The van der Waals surface area contributed by atoms with Gasteiger partial charge < -0.3 is 15.0 Å². The molecular formula is C20H21ClN2O3. The van der Waals surface area contributed by atoms with Gasteiger partial charge in [-0.1, -0.05) is 17.7 Å². The molecule has 0 radical (unpaired) electrons. The molecule has 2 aromatic rings. The van der Waals surface area contributed by atoms with Crippen molar-refractivity contribution in [2.45, 2.75) is 25.9 Å². The maximum atomic E-state index is 12.3. The summed E-state index contributed by atoms with van der Waals surface area (Å²) < 4.78 is 5.60. The van der Waals surface area contributed by atoms with Gasteiger partial charge in [-0.05, 0) is 62.2 Å². The van der Waals surface area contributed by atoms with Crippen LogP contribution in [-0.2, 0) is 4.79 Å². The molecule has 3 rings (SSSR count). The standard InChI is InChI=1S/C20H21ClN2O3/c1-14(26-18-6-4-5-16(21)13-18)19(24)22-17-9-7-15(8-10-17)20(25)23-11-2-3-12-23/h4-10,13-14H,2-3,11-12H2,1H3,(H,22,24). The van der Waals surface area contributed by atoms with Crippen LogP contribution in [0.1, 0.15) is 30.1 Å². The highest BCUT2D eigenvalue weighted by molar-refractivity contribution is 6.30. The highest BCUT2D eigenvalue weighted by Gasteiger charge is 2.20. The third-order valence-corrected chi connectivity index (χ3v) is 4.51. The van der Waals surface area contributed by atoms with E-state index in [9.17, 15) is 9.59 Å². The predicted molar refractivity (Wildman–Crippen MR) is 102 cm³/mol. The van der Waals surface area contributed by atoms with E-state index >= 15 is 0 Å². The molecule has 1 aliphatic rings. The summed E-state index contributed by atoms with van der Waals surface area (Å²) in [6.45, 7) is 3.30. The number of hydrogen-bond donors (Lipinski definition) is 1. The smallest absolute Gasteiger partial charge is 0.265 e. The lowest BCUT2D eigenvalue weighted by molar-refractivity contribution is -0.122. The van der Waals surface area contributed by atoms with Gasteiger partial charge in [0.05, 0.1) is 0 Å². The summed E-state index contributed by atoms with van der Waals surface area (Å²) in [6, 6.07) is 13.8. The Labute approximate surface area is 157 Å². The summed E-state index contributed by atoms with van der Waals surface area (Å²) in [4.78, 5) is 26.5. The molecule has 6 heteroatoms. The van der Waals surface area contributed by atoms with Gasteiger partial charge in [-0.25, -0.2) is 0 Å². The topological polar surface area (TPSA) is 58.6 Å². The normalized spacial score (nSPS) is 14.8. The number of amides is 2. The van der Waals surface area contributed by atoms with E-state index in [-0.39, 0.29) is 11.8 Å². The minimum absolute atomic E-state index is 0.0398. The number of carbonyl (C=O) groups is 2. The van der Waals surface area contributed by atoms with Crippen LogP contribution in [0.2, 0.25) is 5.02 Å². The van der Waals surface area contributed by atoms with E-state index < -0.39 is 6.10 Å². The highest BCUT2D eigenvalue weighted by atomic mass is 35.5. The molecular weight excluding hydrogens is 352 g/mol. The Kier molecular flexibility index (Phi) is 5.78. The van der Waals surface area contributed by atoms with Crippen molar-refractivity contribution in [1.29, 1.82) is 0 Å². The zero-order valence-electron chi connectivity index (χ0n) is 14.6. The molecule has 0 aliphatic carbocycles. The Morgan fingerprint density at radius 1 is 1.12 bits per heavy atom. The lowest BCUT2D eigenvalue weighted by Crippen LogP contribution is -2.30. The summed E-state index contributed by atoms with van der Waals surface area (Å²) in [5.74, 6) is 0.299. The van der Waals surface area contributed by atoms with Crippen LogP contribution in [-0.4, -0.2) is 35.9 Å². The lowest BCUT2D eigenvalue weighted by atomic mass is 10.2. The first kappa shape index (κ1) is 18.3. The average molecular weight is 373 g/mol. The summed E-state index contributed by atoms with van der Waals surface area (Å²) in [6.07, 6.45) is 1.44. The number of ether oxygens (including phenoxy) is 1. The third-order valence-electron chi connectivity index (χ3n) is 4.27. The first-order valence-corrected chi connectivity index (χ1v) is 9.03. The molecule has 1 heterocycles. The molecule has 0 aromatic heterocycles. The predicted octanol–water partition coefficient (Wildman–Crippen LogP) is 3.98. The minimum Gasteiger partial charge on any atom is -0.481 e.